The van der Waals surface area contributed by atoms with Crippen LogP contribution in [0.3, 0.4) is 0 Å². The lowest BCUT2D eigenvalue weighted by Gasteiger charge is -2.11. The largest absolute Gasteiger partial charge is 0.0584 e. The fourth-order valence-corrected chi connectivity index (χ4v) is 2.11. The van der Waals surface area contributed by atoms with Crippen LogP contribution >= 0.6 is 15.9 Å². The second-order valence-corrected chi connectivity index (χ2v) is 5.39. The van der Waals surface area contributed by atoms with E-state index in [1.165, 1.54) is 35.7 Å². The summed E-state index contributed by atoms with van der Waals surface area (Å²) in [5.41, 5.74) is 1.48. The molecule has 1 unspecified atom stereocenters. The van der Waals surface area contributed by atoms with Crippen LogP contribution in [0.15, 0.2) is 28.7 Å². The Morgan fingerprint density at radius 3 is 2.50 bits per heavy atom. The van der Waals surface area contributed by atoms with Gasteiger partial charge in [-0.1, -0.05) is 47.8 Å². The Morgan fingerprint density at radius 1 is 1.29 bits per heavy atom. The van der Waals surface area contributed by atoms with Gasteiger partial charge in [-0.2, -0.15) is 0 Å². The molecule has 1 aromatic rings. The predicted molar refractivity (Wildman–Crippen MR) is 64.5 cm³/mol. The second-order valence-electron chi connectivity index (χ2n) is 4.47. The van der Waals surface area contributed by atoms with E-state index in [1.54, 1.807) is 0 Å². The van der Waals surface area contributed by atoms with Gasteiger partial charge < -0.3 is 0 Å². The summed E-state index contributed by atoms with van der Waals surface area (Å²) in [6, 6.07) is 8.76. The van der Waals surface area contributed by atoms with E-state index in [0.29, 0.717) is 0 Å². The van der Waals surface area contributed by atoms with Crippen LogP contribution in [-0.2, 0) is 0 Å². The number of benzene rings is 1. The highest BCUT2D eigenvalue weighted by Crippen LogP contribution is 2.36. The summed E-state index contributed by atoms with van der Waals surface area (Å²) in [5.74, 6) is 1.79. The molecule has 1 fully saturated rings. The Hall–Kier alpha value is -0.300. The van der Waals surface area contributed by atoms with Crippen molar-refractivity contribution in [2.24, 2.45) is 5.92 Å². The molecule has 0 bridgehead atoms. The lowest BCUT2D eigenvalue weighted by atomic mass is 9.95. The molecule has 1 saturated carbocycles. The molecule has 1 heteroatoms. The van der Waals surface area contributed by atoms with Crippen LogP contribution < -0.4 is 0 Å². The van der Waals surface area contributed by atoms with Gasteiger partial charge in [-0.25, -0.2) is 0 Å². The normalized spacial score (nSPS) is 18.1. The molecule has 0 spiro atoms. The van der Waals surface area contributed by atoms with E-state index in [2.05, 4.69) is 47.1 Å². The third kappa shape index (κ3) is 2.84. The molecule has 0 radical (unpaired) electrons. The first-order valence-electron chi connectivity index (χ1n) is 5.51. The van der Waals surface area contributed by atoms with Crippen molar-refractivity contribution in [3.63, 3.8) is 0 Å². The first kappa shape index (κ1) is 10.2. The van der Waals surface area contributed by atoms with Gasteiger partial charge in [0.05, 0.1) is 0 Å². The summed E-state index contributed by atoms with van der Waals surface area (Å²) in [5, 5.41) is 0. The number of hydrogen-bond acceptors (Lipinski definition) is 0. The Morgan fingerprint density at radius 2 is 1.93 bits per heavy atom. The highest BCUT2D eigenvalue weighted by atomic mass is 79.9. The van der Waals surface area contributed by atoms with Crippen molar-refractivity contribution in [3.05, 3.63) is 34.3 Å². The maximum absolute atomic E-state index is 3.47. The Kier molecular flexibility index (Phi) is 3.27. The Bertz CT molecular complexity index is 285. The molecule has 1 aliphatic carbocycles. The molecule has 1 atom stereocenters. The molecule has 76 valence electrons. The van der Waals surface area contributed by atoms with Gasteiger partial charge in [-0.15, -0.1) is 0 Å². The minimum absolute atomic E-state index is 0.726. The van der Waals surface area contributed by atoms with Gasteiger partial charge in [0.1, 0.15) is 0 Å². The number of hydrogen-bond donors (Lipinski definition) is 0. The average molecular weight is 253 g/mol. The van der Waals surface area contributed by atoms with E-state index in [9.17, 15) is 0 Å². The van der Waals surface area contributed by atoms with E-state index >= 15 is 0 Å². The van der Waals surface area contributed by atoms with Crippen LogP contribution in [0.1, 0.15) is 44.1 Å². The fourth-order valence-electron chi connectivity index (χ4n) is 1.85. The van der Waals surface area contributed by atoms with Crippen molar-refractivity contribution in [2.45, 2.75) is 38.5 Å². The smallest absolute Gasteiger partial charge is 0.0175 e. The van der Waals surface area contributed by atoms with Crippen molar-refractivity contribution in [2.75, 3.05) is 0 Å². The summed E-state index contributed by atoms with van der Waals surface area (Å²) in [6.07, 6.45) is 5.74. The first-order valence-corrected chi connectivity index (χ1v) is 6.30. The highest BCUT2D eigenvalue weighted by molar-refractivity contribution is 9.10. The predicted octanol–water partition coefficient (Wildman–Crippen LogP) is 4.74. The van der Waals surface area contributed by atoms with Gasteiger partial charge in [-0.3, -0.25) is 0 Å². The molecule has 0 N–H and O–H groups in total. The molecular formula is C13H17Br. The van der Waals surface area contributed by atoms with E-state index in [1.807, 2.05) is 0 Å². The molecule has 0 amide bonds. The molecule has 0 nitrogen and oxygen atoms in total. The minimum Gasteiger partial charge on any atom is -0.0584 e. The van der Waals surface area contributed by atoms with Crippen LogP contribution in [0.5, 0.6) is 0 Å². The summed E-state index contributed by atoms with van der Waals surface area (Å²) in [7, 11) is 0. The van der Waals surface area contributed by atoms with Crippen molar-refractivity contribution >= 4 is 15.9 Å². The van der Waals surface area contributed by atoms with Crippen LogP contribution in [-0.4, -0.2) is 0 Å². The SMILES string of the molecule is CC(CCC1CC1)c1ccc(Br)cc1. The quantitative estimate of drug-likeness (QED) is 0.726. The fraction of sp³-hybridized carbons (Fsp3) is 0.538. The number of rotatable bonds is 4. The standard InChI is InChI=1S/C13H17Br/c1-10(2-3-11-4-5-11)12-6-8-13(14)9-7-12/h6-11H,2-5H2,1H3. The van der Waals surface area contributed by atoms with Crippen molar-refractivity contribution < 1.29 is 0 Å². The third-order valence-corrected chi connectivity index (χ3v) is 3.67. The van der Waals surface area contributed by atoms with Crippen molar-refractivity contribution in [1.82, 2.24) is 0 Å². The molecule has 0 aliphatic heterocycles. The zero-order valence-corrected chi connectivity index (χ0v) is 10.3. The van der Waals surface area contributed by atoms with Crippen LogP contribution in [0.4, 0.5) is 0 Å². The summed E-state index contributed by atoms with van der Waals surface area (Å²) in [6.45, 7) is 2.34. The van der Waals surface area contributed by atoms with Crippen LogP contribution in [0, 0.1) is 5.92 Å². The van der Waals surface area contributed by atoms with Crippen molar-refractivity contribution in [3.8, 4) is 0 Å². The molecule has 1 aliphatic rings. The van der Waals surface area contributed by atoms with Crippen LogP contribution in [0.25, 0.3) is 0 Å². The van der Waals surface area contributed by atoms with Gasteiger partial charge >= 0.3 is 0 Å². The summed E-state index contributed by atoms with van der Waals surface area (Å²) < 4.78 is 1.18. The molecule has 0 aromatic heterocycles. The van der Waals surface area contributed by atoms with Gasteiger partial charge in [-0.05, 0) is 42.4 Å². The van der Waals surface area contributed by atoms with Gasteiger partial charge in [0.2, 0.25) is 0 Å². The molecule has 0 heterocycles. The first-order chi connectivity index (χ1) is 6.75. The van der Waals surface area contributed by atoms with Gasteiger partial charge in [0.25, 0.3) is 0 Å². The lowest BCUT2D eigenvalue weighted by molar-refractivity contribution is 0.592. The maximum atomic E-state index is 3.47. The minimum atomic E-state index is 0.726. The van der Waals surface area contributed by atoms with Gasteiger partial charge in [0, 0.05) is 4.47 Å². The van der Waals surface area contributed by atoms with E-state index in [0.717, 1.165) is 11.8 Å². The third-order valence-electron chi connectivity index (χ3n) is 3.14. The summed E-state index contributed by atoms with van der Waals surface area (Å²) in [4.78, 5) is 0. The number of halogens is 1. The molecule has 14 heavy (non-hydrogen) atoms. The van der Waals surface area contributed by atoms with Gasteiger partial charge in [0.15, 0.2) is 0 Å². The highest BCUT2D eigenvalue weighted by Gasteiger charge is 2.21. The zero-order valence-electron chi connectivity index (χ0n) is 8.67. The molecule has 0 saturated heterocycles. The van der Waals surface area contributed by atoms with E-state index < -0.39 is 0 Å². The Balaban J connectivity index is 1.88. The maximum Gasteiger partial charge on any atom is 0.0175 e. The van der Waals surface area contributed by atoms with Crippen molar-refractivity contribution in [1.29, 1.82) is 0 Å². The second kappa shape index (κ2) is 4.48. The molecule has 1 aromatic carbocycles. The lowest BCUT2D eigenvalue weighted by Crippen LogP contribution is -1.93. The monoisotopic (exact) mass is 252 g/mol. The van der Waals surface area contributed by atoms with E-state index in [4.69, 9.17) is 0 Å². The molecule has 2 rings (SSSR count). The average Bonchev–Trinajstić information content (AvgIpc) is 2.99. The topological polar surface area (TPSA) is 0 Å². The Labute approximate surface area is 94.8 Å². The van der Waals surface area contributed by atoms with E-state index in [-0.39, 0.29) is 0 Å². The summed E-state index contributed by atoms with van der Waals surface area (Å²) >= 11 is 3.47. The molecular weight excluding hydrogens is 236 g/mol. The zero-order chi connectivity index (χ0) is 9.97. The van der Waals surface area contributed by atoms with Crippen LogP contribution in [0.2, 0.25) is 0 Å².